The molecular weight excluding hydrogens is 277 g/mol. The van der Waals surface area contributed by atoms with E-state index < -0.39 is 0 Å². The summed E-state index contributed by atoms with van der Waals surface area (Å²) in [6.45, 7) is 0.322. The minimum atomic E-state index is -0.350. The minimum absolute atomic E-state index is 0.0677. The molecule has 1 unspecified atom stereocenters. The Bertz CT molecular complexity index is 557. The topological polar surface area (TPSA) is 38.3 Å². The number of hydrogen-bond donors (Lipinski definition) is 1. The second-order valence-corrected chi connectivity index (χ2v) is 5.17. The van der Waals surface area contributed by atoms with Crippen molar-refractivity contribution in [3.8, 4) is 0 Å². The van der Waals surface area contributed by atoms with Gasteiger partial charge in [-0.25, -0.2) is 4.39 Å². The fourth-order valence-corrected chi connectivity index (χ4v) is 2.56. The largest absolute Gasteiger partial charge is 0.375 e. The van der Waals surface area contributed by atoms with Crippen LogP contribution < -0.4 is 5.32 Å². The third-order valence-corrected chi connectivity index (χ3v) is 3.67. The monoisotopic (exact) mass is 293 g/mol. The molecule has 0 fully saturated rings. The molecule has 2 aromatic rings. The molecule has 1 heterocycles. The van der Waals surface area contributed by atoms with Gasteiger partial charge in [-0.15, -0.1) is 0 Å². The summed E-state index contributed by atoms with van der Waals surface area (Å²) in [6.07, 6.45) is 0.000398. The summed E-state index contributed by atoms with van der Waals surface area (Å²) in [6, 6.07) is 8.13. The molecular formula is C15H16FNO2S. The van der Waals surface area contributed by atoms with Gasteiger partial charge in [-0.05, 0) is 40.1 Å². The van der Waals surface area contributed by atoms with Gasteiger partial charge in [-0.1, -0.05) is 12.1 Å². The van der Waals surface area contributed by atoms with Crippen molar-refractivity contribution >= 4 is 17.2 Å². The Morgan fingerprint density at radius 3 is 2.95 bits per heavy atom. The molecule has 1 aromatic carbocycles. The molecule has 3 nitrogen and oxygen atoms in total. The van der Waals surface area contributed by atoms with Gasteiger partial charge in [0, 0.05) is 13.7 Å². The SMILES string of the molecule is COC(CNC(=O)Cc1ccsc1)c1cccc(F)c1. The molecule has 5 heteroatoms. The maximum Gasteiger partial charge on any atom is 0.224 e. The molecule has 0 saturated carbocycles. The van der Waals surface area contributed by atoms with Gasteiger partial charge in [0.1, 0.15) is 5.82 Å². The summed E-state index contributed by atoms with van der Waals surface area (Å²) < 4.78 is 18.5. The van der Waals surface area contributed by atoms with Crippen LogP contribution in [0.25, 0.3) is 0 Å². The molecule has 0 spiro atoms. The summed E-state index contributed by atoms with van der Waals surface area (Å²) in [5, 5.41) is 6.69. The number of ether oxygens (including phenoxy) is 1. The summed E-state index contributed by atoms with van der Waals surface area (Å²) in [5.74, 6) is -0.379. The average Bonchev–Trinajstić information content (AvgIpc) is 2.92. The zero-order valence-corrected chi connectivity index (χ0v) is 12.0. The van der Waals surface area contributed by atoms with E-state index in [0.29, 0.717) is 18.5 Å². The quantitative estimate of drug-likeness (QED) is 0.889. The number of carbonyl (C=O) groups excluding carboxylic acids is 1. The van der Waals surface area contributed by atoms with Crippen LogP contribution in [0.5, 0.6) is 0 Å². The molecule has 0 aliphatic carbocycles. The summed E-state index contributed by atoms with van der Waals surface area (Å²) in [7, 11) is 1.54. The van der Waals surface area contributed by atoms with E-state index in [1.165, 1.54) is 12.1 Å². The predicted octanol–water partition coefficient (Wildman–Crippen LogP) is 2.93. The number of carbonyl (C=O) groups is 1. The first-order chi connectivity index (χ1) is 9.69. The molecule has 0 radical (unpaired) electrons. The third kappa shape index (κ3) is 4.15. The van der Waals surface area contributed by atoms with Crippen molar-refractivity contribution in [3.63, 3.8) is 0 Å². The highest BCUT2D eigenvalue weighted by molar-refractivity contribution is 7.07. The average molecular weight is 293 g/mol. The van der Waals surface area contributed by atoms with Crippen LogP contribution in [0.1, 0.15) is 17.2 Å². The Morgan fingerprint density at radius 2 is 2.30 bits per heavy atom. The molecule has 1 aromatic heterocycles. The molecule has 20 heavy (non-hydrogen) atoms. The van der Waals surface area contributed by atoms with Gasteiger partial charge in [0.05, 0.1) is 12.5 Å². The molecule has 106 valence electrons. The lowest BCUT2D eigenvalue weighted by Gasteiger charge is -2.16. The van der Waals surface area contributed by atoms with Gasteiger partial charge in [0.15, 0.2) is 0 Å². The zero-order valence-electron chi connectivity index (χ0n) is 11.1. The fourth-order valence-electron chi connectivity index (χ4n) is 1.89. The zero-order chi connectivity index (χ0) is 14.4. The van der Waals surface area contributed by atoms with E-state index in [4.69, 9.17) is 4.74 Å². The first-order valence-electron chi connectivity index (χ1n) is 6.25. The van der Waals surface area contributed by atoms with Crippen molar-refractivity contribution in [2.45, 2.75) is 12.5 Å². The van der Waals surface area contributed by atoms with E-state index >= 15 is 0 Å². The van der Waals surface area contributed by atoms with Gasteiger partial charge in [-0.2, -0.15) is 11.3 Å². The number of amides is 1. The standard InChI is InChI=1S/C15H16FNO2S/c1-19-14(12-3-2-4-13(16)8-12)9-17-15(18)7-11-5-6-20-10-11/h2-6,8,10,14H,7,9H2,1H3,(H,17,18). The van der Waals surface area contributed by atoms with Gasteiger partial charge in [0.2, 0.25) is 5.91 Å². The lowest BCUT2D eigenvalue weighted by molar-refractivity contribution is -0.121. The lowest BCUT2D eigenvalue weighted by Crippen LogP contribution is -2.30. The maximum absolute atomic E-state index is 13.2. The van der Waals surface area contributed by atoms with Crippen molar-refractivity contribution in [3.05, 3.63) is 58.0 Å². The second kappa shape index (κ2) is 7.17. The number of halogens is 1. The molecule has 1 N–H and O–H groups in total. The van der Waals surface area contributed by atoms with E-state index in [-0.39, 0.29) is 17.8 Å². The van der Waals surface area contributed by atoms with Crippen LogP contribution in [-0.4, -0.2) is 19.6 Å². The van der Waals surface area contributed by atoms with E-state index in [0.717, 1.165) is 5.56 Å². The Kier molecular flexibility index (Phi) is 5.26. The number of benzene rings is 1. The minimum Gasteiger partial charge on any atom is -0.375 e. The molecule has 0 aliphatic heterocycles. The van der Waals surface area contributed by atoms with E-state index in [1.807, 2.05) is 16.8 Å². The van der Waals surface area contributed by atoms with Crippen molar-refractivity contribution in [2.24, 2.45) is 0 Å². The lowest BCUT2D eigenvalue weighted by atomic mass is 10.1. The number of hydrogen-bond acceptors (Lipinski definition) is 3. The van der Waals surface area contributed by atoms with Crippen molar-refractivity contribution in [1.82, 2.24) is 5.32 Å². The van der Waals surface area contributed by atoms with E-state index in [1.54, 1.807) is 30.6 Å². The third-order valence-electron chi connectivity index (χ3n) is 2.93. The Morgan fingerprint density at radius 1 is 1.45 bits per heavy atom. The smallest absolute Gasteiger partial charge is 0.224 e. The van der Waals surface area contributed by atoms with Crippen molar-refractivity contribution < 1.29 is 13.9 Å². The predicted molar refractivity (Wildman–Crippen MR) is 77.2 cm³/mol. The molecule has 2 rings (SSSR count). The number of thiophene rings is 1. The molecule has 1 atom stereocenters. The van der Waals surface area contributed by atoms with Crippen LogP contribution in [0, 0.1) is 5.82 Å². The van der Waals surface area contributed by atoms with Gasteiger partial charge in [-0.3, -0.25) is 4.79 Å². The van der Waals surface area contributed by atoms with Gasteiger partial charge in [0.25, 0.3) is 0 Å². The second-order valence-electron chi connectivity index (χ2n) is 4.39. The van der Waals surface area contributed by atoms with Crippen molar-refractivity contribution in [2.75, 3.05) is 13.7 Å². The highest BCUT2D eigenvalue weighted by Crippen LogP contribution is 2.16. The molecule has 1 amide bonds. The van der Waals surface area contributed by atoms with Crippen molar-refractivity contribution in [1.29, 1.82) is 0 Å². The van der Waals surface area contributed by atoms with Crippen LogP contribution in [-0.2, 0) is 16.0 Å². The molecule has 0 bridgehead atoms. The Hall–Kier alpha value is -1.72. The van der Waals surface area contributed by atoms with Crippen LogP contribution in [0.4, 0.5) is 4.39 Å². The van der Waals surface area contributed by atoms with E-state index in [9.17, 15) is 9.18 Å². The summed E-state index contributed by atoms with van der Waals surface area (Å²) >= 11 is 1.56. The Balaban J connectivity index is 1.89. The maximum atomic E-state index is 13.2. The van der Waals surface area contributed by atoms with Crippen LogP contribution in [0.2, 0.25) is 0 Å². The van der Waals surface area contributed by atoms with E-state index in [2.05, 4.69) is 5.32 Å². The first kappa shape index (κ1) is 14.7. The number of methoxy groups -OCH3 is 1. The molecule has 0 saturated heterocycles. The first-order valence-corrected chi connectivity index (χ1v) is 7.19. The summed E-state index contributed by atoms with van der Waals surface area (Å²) in [5.41, 5.74) is 1.70. The highest BCUT2D eigenvalue weighted by atomic mass is 32.1. The highest BCUT2D eigenvalue weighted by Gasteiger charge is 2.13. The van der Waals surface area contributed by atoms with Crippen LogP contribution in [0.3, 0.4) is 0 Å². The van der Waals surface area contributed by atoms with Gasteiger partial charge < -0.3 is 10.1 Å². The van der Waals surface area contributed by atoms with Gasteiger partial charge >= 0.3 is 0 Å². The van der Waals surface area contributed by atoms with Crippen LogP contribution >= 0.6 is 11.3 Å². The molecule has 0 aliphatic rings. The fraction of sp³-hybridized carbons (Fsp3) is 0.267. The number of nitrogens with one attached hydrogen (secondary N) is 1. The number of rotatable bonds is 6. The summed E-state index contributed by atoms with van der Waals surface area (Å²) in [4.78, 5) is 11.8. The van der Waals surface area contributed by atoms with Crippen LogP contribution in [0.15, 0.2) is 41.1 Å². The Labute approximate surface area is 121 Å². The normalized spacial score (nSPS) is 12.1.